The van der Waals surface area contributed by atoms with Gasteiger partial charge in [0.05, 0.1) is 5.92 Å². The predicted molar refractivity (Wildman–Crippen MR) is 66.6 cm³/mol. The number of carbonyl (C=O) groups is 1. The van der Waals surface area contributed by atoms with E-state index in [0.29, 0.717) is 0 Å². The van der Waals surface area contributed by atoms with Crippen LogP contribution in [0.25, 0.3) is 0 Å². The lowest BCUT2D eigenvalue weighted by atomic mass is 9.93. The lowest BCUT2D eigenvalue weighted by Gasteiger charge is -2.22. The van der Waals surface area contributed by atoms with Gasteiger partial charge in [0.25, 0.3) is 0 Å². The summed E-state index contributed by atoms with van der Waals surface area (Å²) in [6.45, 7) is 5.76. The summed E-state index contributed by atoms with van der Waals surface area (Å²) in [6.07, 6.45) is 0. The van der Waals surface area contributed by atoms with Gasteiger partial charge in [-0.25, -0.2) is 0 Å². The molecule has 3 unspecified atom stereocenters. The zero-order valence-electron chi connectivity index (χ0n) is 10.3. The number of carboxylic acid groups (broad SMARTS) is 1. The molecule has 3 atom stereocenters. The molecule has 1 fully saturated rings. The molecule has 0 spiro atoms. The van der Waals surface area contributed by atoms with E-state index in [2.05, 4.69) is 17.0 Å². The number of likely N-dealkylation sites (tertiary alicyclic amines) is 1. The maximum atomic E-state index is 11.2. The lowest BCUT2D eigenvalue weighted by molar-refractivity contribution is -0.143. The molecule has 1 N–H and O–H groups in total. The van der Waals surface area contributed by atoms with Gasteiger partial charge in [-0.15, -0.1) is 0 Å². The van der Waals surface area contributed by atoms with Crippen LogP contribution in [-0.2, 0) is 11.3 Å². The van der Waals surface area contributed by atoms with Gasteiger partial charge in [0, 0.05) is 19.1 Å². The fourth-order valence-corrected chi connectivity index (χ4v) is 2.83. The molecule has 0 aromatic heterocycles. The van der Waals surface area contributed by atoms with Crippen molar-refractivity contribution in [3.05, 3.63) is 35.9 Å². The average Bonchev–Trinajstić information content (AvgIpc) is 2.55. The number of benzene rings is 1. The van der Waals surface area contributed by atoms with Crippen LogP contribution >= 0.6 is 0 Å². The quantitative estimate of drug-likeness (QED) is 0.870. The Hall–Kier alpha value is -1.35. The van der Waals surface area contributed by atoms with Gasteiger partial charge in [0.15, 0.2) is 0 Å². The minimum absolute atomic E-state index is 0.114. The molecule has 92 valence electrons. The number of carboxylic acids is 1. The van der Waals surface area contributed by atoms with Gasteiger partial charge in [-0.1, -0.05) is 37.3 Å². The van der Waals surface area contributed by atoms with Crippen LogP contribution in [0.5, 0.6) is 0 Å². The summed E-state index contributed by atoms with van der Waals surface area (Å²) < 4.78 is 0. The minimum Gasteiger partial charge on any atom is -0.481 e. The molecular formula is C14H19NO2. The molecule has 1 aliphatic rings. The third-order valence-electron chi connectivity index (χ3n) is 3.74. The first-order valence-corrected chi connectivity index (χ1v) is 6.10. The van der Waals surface area contributed by atoms with Gasteiger partial charge in [0.1, 0.15) is 0 Å². The first-order valence-electron chi connectivity index (χ1n) is 6.10. The van der Waals surface area contributed by atoms with Gasteiger partial charge in [-0.3, -0.25) is 9.69 Å². The number of hydrogen-bond donors (Lipinski definition) is 1. The Labute approximate surface area is 102 Å². The second-order valence-corrected chi connectivity index (χ2v) is 5.00. The smallest absolute Gasteiger partial charge is 0.308 e. The molecule has 1 aliphatic heterocycles. The highest BCUT2D eigenvalue weighted by Gasteiger charge is 2.40. The zero-order chi connectivity index (χ0) is 12.4. The molecule has 0 bridgehead atoms. The van der Waals surface area contributed by atoms with Gasteiger partial charge in [-0.2, -0.15) is 0 Å². The molecule has 1 saturated heterocycles. The fraction of sp³-hybridized carbons (Fsp3) is 0.500. The van der Waals surface area contributed by atoms with E-state index >= 15 is 0 Å². The Morgan fingerprint density at radius 1 is 1.35 bits per heavy atom. The van der Waals surface area contributed by atoms with E-state index in [9.17, 15) is 9.90 Å². The van der Waals surface area contributed by atoms with Crippen LogP contribution in [0.3, 0.4) is 0 Å². The summed E-state index contributed by atoms with van der Waals surface area (Å²) in [7, 11) is 0. The number of hydrogen-bond acceptors (Lipinski definition) is 2. The maximum Gasteiger partial charge on any atom is 0.308 e. The van der Waals surface area contributed by atoms with Crippen LogP contribution in [-0.4, -0.2) is 28.6 Å². The van der Waals surface area contributed by atoms with Gasteiger partial charge in [0.2, 0.25) is 0 Å². The van der Waals surface area contributed by atoms with Gasteiger partial charge < -0.3 is 5.11 Å². The van der Waals surface area contributed by atoms with E-state index in [1.807, 2.05) is 32.0 Å². The molecular weight excluding hydrogens is 214 g/mol. The Balaban J connectivity index is 2.07. The van der Waals surface area contributed by atoms with E-state index < -0.39 is 5.97 Å². The topological polar surface area (TPSA) is 40.5 Å². The molecule has 0 aliphatic carbocycles. The summed E-state index contributed by atoms with van der Waals surface area (Å²) >= 11 is 0. The molecule has 0 radical (unpaired) electrons. The summed E-state index contributed by atoms with van der Waals surface area (Å²) in [4.78, 5) is 13.5. The number of rotatable bonds is 3. The second-order valence-electron chi connectivity index (χ2n) is 5.00. The van der Waals surface area contributed by atoms with Crippen molar-refractivity contribution in [1.29, 1.82) is 0 Å². The standard InChI is InChI=1S/C14H19NO2/c1-10-8-15(11(2)13(10)14(16)17)9-12-6-4-3-5-7-12/h3-7,10-11,13H,8-9H2,1-2H3,(H,16,17). The monoisotopic (exact) mass is 233 g/mol. The fourth-order valence-electron chi connectivity index (χ4n) is 2.83. The molecule has 1 aromatic rings. The average molecular weight is 233 g/mol. The van der Waals surface area contributed by atoms with E-state index in [1.54, 1.807) is 0 Å². The van der Waals surface area contributed by atoms with Crippen molar-refractivity contribution in [2.75, 3.05) is 6.54 Å². The third kappa shape index (κ3) is 2.50. The van der Waals surface area contributed by atoms with Crippen LogP contribution in [0.1, 0.15) is 19.4 Å². The third-order valence-corrected chi connectivity index (χ3v) is 3.74. The highest BCUT2D eigenvalue weighted by molar-refractivity contribution is 5.71. The summed E-state index contributed by atoms with van der Waals surface area (Å²) in [5.41, 5.74) is 1.25. The molecule has 0 amide bonds. The molecule has 17 heavy (non-hydrogen) atoms. The first-order chi connectivity index (χ1) is 8.09. The largest absolute Gasteiger partial charge is 0.481 e. The molecule has 3 nitrogen and oxygen atoms in total. The molecule has 1 heterocycles. The maximum absolute atomic E-state index is 11.2. The minimum atomic E-state index is -0.666. The van der Waals surface area contributed by atoms with Crippen molar-refractivity contribution in [2.45, 2.75) is 26.4 Å². The molecule has 3 heteroatoms. The highest BCUT2D eigenvalue weighted by Crippen LogP contribution is 2.30. The Bertz CT molecular complexity index is 390. The van der Waals surface area contributed by atoms with E-state index in [-0.39, 0.29) is 17.9 Å². The van der Waals surface area contributed by atoms with Crippen LogP contribution < -0.4 is 0 Å². The van der Waals surface area contributed by atoms with Crippen molar-refractivity contribution in [3.8, 4) is 0 Å². The van der Waals surface area contributed by atoms with Gasteiger partial charge in [-0.05, 0) is 18.4 Å². The van der Waals surface area contributed by atoms with Crippen molar-refractivity contribution < 1.29 is 9.90 Å². The van der Waals surface area contributed by atoms with E-state index in [0.717, 1.165) is 13.1 Å². The van der Waals surface area contributed by atoms with Crippen LogP contribution in [0.4, 0.5) is 0 Å². The van der Waals surface area contributed by atoms with E-state index in [1.165, 1.54) is 5.56 Å². The number of aliphatic carboxylic acids is 1. The van der Waals surface area contributed by atoms with Crippen LogP contribution in [0.2, 0.25) is 0 Å². The summed E-state index contributed by atoms with van der Waals surface area (Å²) in [5.74, 6) is -0.675. The number of nitrogens with zero attached hydrogens (tertiary/aromatic N) is 1. The van der Waals surface area contributed by atoms with Gasteiger partial charge >= 0.3 is 5.97 Å². The second kappa shape index (κ2) is 4.88. The molecule has 2 rings (SSSR count). The van der Waals surface area contributed by atoms with Crippen molar-refractivity contribution in [3.63, 3.8) is 0 Å². The summed E-state index contributed by atoms with van der Waals surface area (Å²) in [5, 5.41) is 9.21. The first kappa shape index (κ1) is 12.1. The lowest BCUT2D eigenvalue weighted by Crippen LogP contribution is -2.32. The highest BCUT2D eigenvalue weighted by atomic mass is 16.4. The normalized spacial score (nSPS) is 29.4. The van der Waals surface area contributed by atoms with Crippen molar-refractivity contribution in [2.24, 2.45) is 11.8 Å². The molecule has 0 saturated carbocycles. The van der Waals surface area contributed by atoms with Crippen molar-refractivity contribution in [1.82, 2.24) is 4.90 Å². The van der Waals surface area contributed by atoms with Crippen molar-refractivity contribution >= 4 is 5.97 Å². The Morgan fingerprint density at radius 2 is 2.00 bits per heavy atom. The van der Waals surface area contributed by atoms with E-state index in [4.69, 9.17) is 0 Å². The zero-order valence-corrected chi connectivity index (χ0v) is 10.3. The Kier molecular flexibility index (Phi) is 3.48. The van der Waals surface area contributed by atoms with Crippen LogP contribution in [0, 0.1) is 11.8 Å². The molecule has 1 aromatic carbocycles. The Morgan fingerprint density at radius 3 is 2.53 bits per heavy atom. The SMILES string of the molecule is CC1CN(Cc2ccccc2)C(C)C1C(=O)O. The van der Waals surface area contributed by atoms with Crippen LogP contribution in [0.15, 0.2) is 30.3 Å². The predicted octanol–water partition coefficient (Wildman–Crippen LogP) is 2.23. The summed E-state index contributed by atoms with van der Waals surface area (Å²) in [6, 6.07) is 10.3.